The quantitative estimate of drug-likeness (QED) is 0.425. The van der Waals surface area contributed by atoms with Gasteiger partial charge in [0, 0.05) is 17.9 Å². The fourth-order valence-corrected chi connectivity index (χ4v) is 5.38. The summed E-state index contributed by atoms with van der Waals surface area (Å²) in [6.45, 7) is 10.4. The van der Waals surface area contributed by atoms with Crippen LogP contribution in [-0.2, 0) is 9.53 Å². The number of carbonyl (C=O) groups excluding carboxylic acids is 1. The van der Waals surface area contributed by atoms with Crippen molar-refractivity contribution in [1.82, 2.24) is 0 Å². The molecule has 0 N–H and O–H groups in total. The normalized spacial score (nSPS) is 39.2. The monoisotopic (exact) mass is 274 g/mol. The van der Waals surface area contributed by atoms with Gasteiger partial charge >= 0.3 is 5.97 Å². The molecule has 0 aromatic heterocycles. The minimum Gasteiger partial charge on any atom is -0.455 e. The summed E-state index contributed by atoms with van der Waals surface area (Å²) in [7, 11) is 0. The van der Waals surface area contributed by atoms with Crippen LogP contribution in [0.4, 0.5) is 0 Å². The molecule has 3 fully saturated rings. The summed E-state index contributed by atoms with van der Waals surface area (Å²) in [6, 6.07) is 0. The first kappa shape index (κ1) is 13.9. The van der Waals surface area contributed by atoms with Gasteiger partial charge in [0.1, 0.15) is 5.60 Å². The minimum atomic E-state index is -0.245. The van der Waals surface area contributed by atoms with Gasteiger partial charge in [-0.15, -0.1) is 0 Å². The average Bonchev–Trinajstić information content (AvgIpc) is 2.38. The molecule has 110 valence electrons. The number of rotatable bonds is 5. The van der Waals surface area contributed by atoms with E-state index in [4.69, 9.17) is 4.74 Å². The smallest absolute Gasteiger partial charge is 0.330 e. The lowest BCUT2D eigenvalue weighted by molar-refractivity contribution is -0.207. The lowest BCUT2D eigenvalue weighted by Gasteiger charge is -2.65. The number of esters is 1. The lowest BCUT2D eigenvalue weighted by atomic mass is 9.43. The molecule has 3 saturated carbocycles. The third kappa shape index (κ3) is 1.66. The number of allylic oxidation sites excluding steroid dienone is 1. The molecule has 20 heavy (non-hydrogen) atoms. The van der Waals surface area contributed by atoms with Crippen molar-refractivity contribution in [2.24, 2.45) is 23.7 Å². The maximum Gasteiger partial charge on any atom is 0.330 e. The Morgan fingerprint density at radius 2 is 2.30 bits per heavy atom. The summed E-state index contributed by atoms with van der Waals surface area (Å²) < 4.78 is 6.08. The van der Waals surface area contributed by atoms with Crippen molar-refractivity contribution >= 4 is 5.97 Å². The predicted molar refractivity (Wildman–Crippen MR) is 80.1 cm³/mol. The van der Waals surface area contributed by atoms with Crippen LogP contribution in [0.25, 0.3) is 0 Å². The van der Waals surface area contributed by atoms with Crippen molar-refractivity contribution in [3.63, 3.8) is 0 Å². The van der Waals surface area contributed by atoms with Gasteiger partial charge in [0.05, 0.1) is 0 Å². The van der Waals surface area contributed by atoms with Crippen LogP contribution in [0.15, 0.2) is 23.8 Å². The molecule has 5 atom stereocenters. The van der Waals surface area contributed by atoms with Gasteiger partial charge in [0.2, 0.25) is 0 Å². The highest BCUT2D eigenvalue weighted by atomic mass is 16.6. The largest absolute Gasteiger partial charge is 0.455 e. The third-order valence-corrected chi connectivity index (χ3v) is 6.07. The SMILES string of the molecule is C=CC(=O)OC1(C(C)CCC)C2CC(C)=C3C(C2)CC31. The van der Waals surface area contributed by atoms with Gasteiger partial charge in [-0.05, 0) is 44.4 Å². The van der Waals surface area contributed by atoms with Gasteiger partial charge < -0.3 is 4.74 Å². The molecule has 5 aliphatic carbocycles. The molecule has 0 heterocycles. The van der Waals surface area contributed by atoms with Gasteiger partial charge in [0.15, 0.2) is 0 Å². The molecule has 5 aliphatic rings. The summed E-state index contributed by atoms with van der Waals surface area (Å²) in [4.78, 5) is 12.0. The van der Waals surface area contributed by atoms with E-state index in [9.17, 15) is 4.79 Å². The summed E-state index contributed by atoms with van der Waals surface area (Å²) >= 11 is 0. The van der Waals surface area contributed by atoms with E-state index >= 15 is 0 Å². The summed E-state index contributed by atoms with van der Waals surface area (Å²) in [5.74, 6) is 2.01. The van der Waals surface area contributed by atoms with Gasteiger partial charge in [-0.2, -0.15) is 0 Å². The van der Waals surface area contributed by atoms with E-state index in [1.54, 1.807) is 11.1 Å². The van der Waals surface area contributed by atoms with Crippen molar-refractivity contribution in [2.75, 3.05) is 0 Å². The fraction of sp³-hybridized carbons (Fsp3) is 0.722. The second-order valence-corrected chi connectivity index (χ2v) is 7.03. The molecule has 2 heteroatoms. The van der Waals surface area contributed by atoms with E-state index in [1.165, 1.54) is 18.9 Å². The Bertz CT molecular complexity index is 476. The molecule has 0 saturated heterocycles. The summed E-state index contributed by atoms with van der Waals surface area (Å²) in [5.41, 5.74) is 2.97. The van der Waals surface area contributed by atoms with E-state index in [0.29, 0.717) is 17.8 Å². The van der Waals surface area contributed by atoms with Gasteiger partial charge in [-0.3, -0.25) is 0 Å². The number of fused-ring (bicyclic) bond motifs is 1. The molecule has 4 bridgehead atoms. The van der Waals surface area contributed by atoms with E-state index in [-0.39, 0.29) is 11.6 Å². The molecule has 0 amide bonds. The molecule has 2 nitrogen and oxygen atoms in total. The van der Waals surface area contributed by atoms with E-state index in [2.05, 4.69) is 27.4 Å². The maximum atomic E-state index is 12.0. The van der Waals surface area contributed by atoms with Crippen molar-refractivity contribution in [1.29, 1.82) is 0 Å². The van der Waals surface area contributed by atoms with Crippen LogP contribution in [-0.4, -0.2) is 11.6 Å². The first-order chi connectivity index (χ1) is 9.54. The summed E-state index contributed by atoms with van der Waals surface area (Å²) in [5, 5.41) is 0. The van der Waals surface area contributed by atoms with Crippen molar-refractivity contribution in [3.05, 3.63) is 23.8 Å². The Morgan fingerprint density at radius 1 is 1.55 bits per heavy atom. The molecular weight excluding hydrogens is 248 g/mol. The number of hydrogen-bond donors (Lipinski definition) is 0. The van der Waals surface area contributed by atoms with Crippen LogP contribution in [0.2, 0.25) is 0 Å². The maximum absolute atomic E-state index is 12.0. The minimum absolute atomic E-state index is 0.234. The molecule has 0 radical (unpaired) electrons. The highest BCUT2D eigenvalue weighted by Gasteiger charge is 2.65. The van der Waals surface area contributed by atoms with E-state index in [0.717, 1.165) is 25.2 Å². The summed E-state index contributed by atoms with van der Waals surface area (Å²) in [6.07, 6.45) is 7.19. The fourth-order valence-electron chi connectivity index (χ4n) is 5.38. The van der Waals surface area contributed by atoms with Crippen LogP contribution in [0, 0.1) is 23.7 Å². The third-order valence-electron chi connectivity index (χ3n) is 6.07. The molecule has 0 aromatic carbocycles. The molecule has 5 unspecified atom stereocenters. The van der Waals surface area contributed by atoms with Crippen molar-refractivity contribution in [2.45, 2.75) is 58.5 Å². The molecular formula is C18H26O2. The predicted octanol–water partition coefficient (Wildman–Crippen LogP) is 4.27. The van der Waals surface area contributed by atoms with Crippen LogP contribution >= 0.6 is 0 Å². The molecule has 5 rings (SSSR count). The highest BCUT2D eigenvalue weighted by molar-refractivity contribution is 5.81. The first-order valence-electron chi connectivity index (χ1n) is 8.09. The molecule has 0 aliphatic heterocycles. The van der Waals surface area contributed by atoms with Crippen LogP contribution in [0.1, 0.15) is 52.9 Å². The number of carbonyl (C=O) groups is 1. The molecule has 0 spiro atoms. The Morgan fingerprint density at radius 3 is 2.85 bits per heavy atom. The van der Waals surface area contributed by atoms with Gasteiger partial charge in [0.25, 0.3) is 0 Å². The van der Waals surface area contributed by atoms with Crippen molar-refractivity contribution < 1.29 is 9.53 Å². The second kappa shape index (κ2) is 4.75. The van der Waals surface area contributed by atoms with Gasteiger partial charge in [-0.25, -0.2) is 4.79 Å². The number of ether oxygens (including phenoxy) is 1. The zero-order chi connectivity index (χ0) is 14.5. The van der Waals surface area contributed by atoms with E-state index < -0.39 is 0 Å². The number of hydrogen-bond acceptors (Lipinski definition) is 2. The lowest BCUT2D eigenvalue weighted by Crippen LogP contribution is -2.65. The average molecular weight is 274 g/mol. The standard InChI is InChI=1S/C18H26O2/c1-5-7-12(4)18(20-16(19)6-2)14-8-11(3)17-13(9-14)10-15(17)18/h6,12-15H,2,5,7-10H2,1,3-4H3. The Labute approximate surface area is 122 Å². The topological polar surface area (TPSA) is 26.3 Å². The Hall–Kier alpha value is -1.05. The van der Waals surface area contributed by atoms with E-state index in [1.807, 2.05) is 0 Å². The zero-order valence-corrected chi connectivity index (χ0v) is 12.9. The Balaban J connectivity index is 1.99. The Kier molecular flexibility index (Phi) is 3.30. The van der Waals surface area contributed by atoms with Crippen LogP contribution in [0.5, 0.6) is 0 Å². The second-order valence-electron chi connectivity index (χ2n) is 7.03. The highest BCUT2D eigenvalue weighted by Crippen LogP contribution is 2.67. The zero-order valence-electron chi connectivity index (χ0n) is 12.9. The first-order valence-corrected chi connectivity index (χ1v) is 8.09. The van der Waals surface area contributed by atoms with Crippen molar-refractivity contribution in [3.8, 4) is 0 Å². The molecule has 0 aromatic rings. The van der Waals surface area contributed by atoms with Gasteiger partial charge in [-0.1, -0.05) is 38.0 Å². The van der Waals surface area contributed by atoms with Crippen LogP contribution < -0.4 is 0 Å². The van der Waals surface area contributed by atoms with Crippen LogP contribution in [0.3, 0.4) is 0 Å².